The molecule has 0 aliphatic carbocycles. The lowest BCUT2D eigenvalue weighted by atomic mass is 10.2. The van der Waals surface area contributed by atoms with E-state index >= 15 is 0 Å². The van der Waals surface area contributed by atoms with Crippen LogP contribution in [0.5, 0.6) is 0 Å². The molecule has 2 nitrogen and oxygen atoms in total. The second-order valence-corrected chi connectivity index (χ2v) is 4.29. The summed E-state index contributed by atoms with van der Waals surface area (Å²) in [5.74, 6) is -5.63. The number of halogens is 4. The van der Waals surface area contributed by atoms with Crippen LogP contribution in [0.3, 0.4) is 0 Å². The molecule has 0 radical (unpaired) electrons. The Hall–Kier alpha value is -1.24. The molecular formula is C10H8F4O2S. The summed E-state index contributed by atoms with van der Waals surface area (Å²) in [6, 6.07) is 4.98. The smallest absolute Gasteiger partial charge is 0.403 e. The summed E-state index contributed by atoms with van der Waals surface area (Å²) in [6.45, 7) is 0. The van der Waals surface area contributed by atoms with E-state index in [2.05, 4.69) is 0 Å². The van der Waals surface area contributed by atoms with E-state index in [4.69, 9.17) is 5.11 Å². The molecule has 1 aromatic carbocycles. The maximum Gasteiger partial charge on any atom is 0.403 e. The number of carbonyl (C=O) groups is 1. The van der Waals surface area contributed by atoms with Crippen LogP contribution in [-0.2, 0) is 4.79 Å². The summed E-state index contributed by atoms with van der Waals surface area (Å²) in [7, 11) is 0. The topological polar surface area (TPSA) is 37.3 Å². The zero-order valence-electron chi connectivity index (χ0n) is 8.37. The minimum Gasteiger partial charge on any atom is -0.481 e. The van der Waals surface area contributed by atoms with Gasteiger partial charge in [0.2, 0.25) is 0 Å². The Bertz CT molecular complexity index is 406. The highest BCUT2D eigenvalue weighted by molar-refractivity contribution is 7.99. The van der Waals surface area contributed by atoms with Gasteiger partial charge in [-0.2, -0.15) is 13.2 Å². The molecule has 1 N–H and O–H groups in total. The van der Waals surface area contributed by atoms with Crippen molar-refractivity contribution in [3.63, 3.8) is 0 Å². The van der Waals surface area contributed by atoms with Crippen molar-refractivity contribution in [1.82, 2.24) is 0 Å². The van der Waals surface area contributed by atoms with Crippen molar-refractivity contribution >= 4 is 17.7 Å². The number of hydrogen-bond donors (Lipinski definition) is 1. The fraction of sp³-hybridized carbons (Fsp3) is 0.300. The van der Waals surface area contributed by atoms with Crippen molar-refractivity contribution in [2.24, 2.45) is 5.92 Å². The number of hydrogen-bond acceptors (Lipinski definition) is 2. The fourth-order valence-electron chi connectivity index (χ4n) is 1.04. The third-order valence-corrected chi connectivity index (χ3v) is 2.99. The van der Waals surface area contributed by atoms with E-state index in [0.717, 1.165) is 12.1 Å². The Labute approximate surface area is 98.6 Å². The van der Waals surface area contributed by atoms with E-state index in [1.807, 2.05) is 0 Å². The van der Waals surface area contributed by atoms with E-state index in [1.165, 1.54) is 12.1 Å². The third-order valence-electron chi connectivity index (χ3n) is 1.91. The largest absolute Gasteiger partial charge is 0.481 e. The Morgan fingerprint density at radius 3 is 2.53 bits per heavy atom. The van der Waals surface area contributed by atoms with Crippen LogP contribution in [-0.4, -0.2) is 23.0 Å². The Morgan fingerprint density at radius 1 is 1.41 bits per heavy atom. The predicted molar refractivity (Wildman–Crippen MR) is 54.3 cm³/mol. The van der Waals surface area contributed by atoms with Gasteiger partial charge in [0.05, 0.1) is 0 Å². The highest BCUT2D eigenvalue weighted by Crippen LogP contribution is 2.32. The molecule has 0 aliphatic heterocycles. The summed E-state index contributed by atoms with van der Waals surface area (Å²) < 4.78 is 49.6. The normalized spacial score (nSPS) is 13.4. The molecule has 0 fully saturated rings. The first-order valence-electron chi connectivity index (χ1n) is 4.48. The SMILES string of the molecule is O=C(O)C(CSc1cccc(F)c1)C(F)(F)F. The number of rotatable bonds is 4. The van der Waals surface area contributed by atoms with Gasteiger partial charge in [0.1, 0.15) is 5.82 Å². The first-order valence-corrected chi connectivity index (χ1v) is 5.47. The van der Waals surface area contributed by atoms with E-state index in [9.17, 15) is 22.4 Å². The van der Waals surface area contributed by atoms with Crippen molar-refractivity contribution in [3.8, 4) is 0 Å². The van der Waals surface area contributed by atoms with Gasteiger partial charge in [-0.3, -0.25) is 4.79 Å². The third kappa shape index (κ3) is 4.26. The van der Waals surface area contributed by atoms with Gasteiger partial charge in [-0.25, -0.2) is 4.39 Å². The van der Waals surface area contributed by atoms with Gasteiger partial charge in [-0.15, -0.1) is 11.8 Å². The lowest BCUT2D eigenvalue weighted by molar-refractivity contribution is -0.188. The van der Waals surface area contributed by atoms with E-state index in [0.29, 0.717) is 11.8 Å². The van der Waals surface area contributed by atoms with Gasteiger partial charge in [0.15, 0.2) is 5.92 Å². The summed E-state index contributed by atoms with van der Waals surface area (Å²) in [6.07, 6.45) is -4.80. The second-order valence-electron chi connectivity index (χ2n) is 3.20. The molecule has 17 heavy (non-hydrogen) atoms. The minimum absolute atomic E-state index is 0.264. The second kappa shape index (κ2) is 5.39. The Kier molecular flexibility index (Phi) is 4.39. The van der Waals surface area contributed by atoms with Crippen molar-refractivity contribution in [3.05, 3.63) is 30.1 Å². The van der Waals surface area contributed by atoms with Crippen LogP contribution in [0.25, 0.3) is 0 Å². The zero-order chi connectivity index (χ0) is 13.1. The summed E-state index contributed by atoms with van der Waals surface area (Å²) in [5, 5.41) is 8.43. The van der Waals surface area contributed by atoms with Crippen LogP contribution < -0.4 is 0 Å². The molecule has 94 valence electrons. The van der Waals surface area contributed by atoms with Crippen molar-refractivity contribution in [2.75, 3.05) is 5.75 Å². The summed E-state index contributed by atoms with van der Waals surface area (Å²) in [5.41, 5.74) is 0. The van der Waals surface area contributed by atoms with Crippen LogP contribution in [0.2, 0.25) is 0 Å². The van der Waals surface area contributed by atoms with Crippen molar-refractivity contribution in [1.29, 1.82) is 0 Å². The highest BCUT2D eigenvalue weighted by atomic mass is 32.2. The molecule has 0 saturated carbocycles. The molecule has 0 saturated heterocycles. The lowest BCUT2D eigenvalue weighted by Crippen LogP contribution is -2.32. The number of thioether (sulfide) groups is 1. The quantitative estimate of drug-likeness (QED) is 0.673. The molecule has 0 bridgehead atoms. The number of aliphatic carboxylic acids is 1. The molecule has 1 unspecified atom stereocenters. The van der Waals surface area contributed by atoms with Crippen LogP contribution in [0.15, 0.2) is 29.2 Å². The van der Waals surface area contributed by atoms with Crippen molar-refractivity contribution < 1.29 is 27.5 Å². The average Bonchev–Trinajstić information content (AvgIpc) is 2.15. The van der Waals surface area contributed by atoms with Crippen LogP contribution >= 0.6 is 11.8 Å². The first kappa shape index (κ1) is 13.8. The van der Waals surface area contributed by atoms with E-state index < -0.39 is 29.6 Å². The van der Waals surface area contributed by atoms with E-state index in [1.54, 1.807) is 0 Å². The Balaban J connectivity index is 2.68. The summed E-state index contributed by atoms with van der Waals surface area (Å²) >= 11 is 0.657. The molecule has 0 aromatic heterocycles. The first-order chi connectivity index (χ1) is 7.80. The monoisotopic (exact) mass is 268 g/mol. The number of alkyl halides is 3. The number of carboxylic acid groups (broad SMARTS) is 1. The molecule has 0 spiro atoms. The van der Waals surface area contributed by atoms with Gasteiger partial charge >= 0.3 is 12.1 Å². The molecule has 1 atom stereocenters. The molecule has 7 heteroatoms. The van der Waals surface area contributed by atoms with Gasteiger partial charge in [-0.1, -0.05) is 6.07 Å². The highest BCUT2D eigenvalue weighted by Gasteiger charge is 2.44. The molecule has 0 aliphatic rings. The van der Waals surface area contributed by atoms with Gasteiger partial charge < -0.3 is 5.11 Å². The van der Waals surface area contributed by atoms with E-state index in [-0.39, 0.29) is 4.90 Å². The van der Waals surface area contributed by atoms with Gasteiger partial charge in [-0.05, 0) is 18.2 Å². The average molecular weight is 268 g/mol. The van der Waals surface area contributed by atoms with Gasteiger partial charge in [0.25, 0.3) is 0 Å². The molecular weight excluding hydrogens is 260 g/mol. The zero-order valence-corrected chi connectivity index (χ0v) is 9.19. The molecule has 1 aromatic rings. The van der Waals surface area contributed by atoms with Gasteiger partial charge in [0, 0.05) is 10.6 Å². The minimum atomic E-state index is -4.80. The van der Waals surface area contributed by atoms with Crippen LogP contribution in [0.1, 0.15) is 0 Å². The number of carboxylic acids is 1. The lowest BCUT2D eigenvalue weighted by Gasteiger charge is -2.15. The van der Waals surface area contributed by atoms with Crippen LogP contribution in [0, 0.1) is 11.7 Å². The van der Waals surface area contributed by atoms with Crippen molar-refractivity contribution in [2.45, 2.75) is 11.1 Å². The summed E-state index contributed by atoms with van der Waals surface area (Å²) in [4.78, 5) is 10.7. The molecule has 0 heterocycles. The standard InChI is InChI=1S/C10H8F4O2S/c11-6-2-1-3-7(4-6)17-5-8(9(15)16)10(12,13)14/h1-4,8H,5H2,(H,15,16). The predicted octanol–water partition coefficient (Wildman–Crippen LogP) is 3.18. The Morgan fingerprint density at radius 2 is 2.06 bits per heavy atom. The maximum absolute atomic E-state index is 12.7. The molecule has 0 amide bonds. The maximum atomic E-state index is 12.7. The van der Waals surface area contributed by atoms with Crippen LogP contribution in [0.4, 0.5) is 17.6 Å². The molecule has 1 rings (SSSR count). The number of benzene rings is 1. The fourth-order valence-corrected chi connectivity index (χ4v) is 2.10.